The van der Waals surface area contributed by atoms with Crippen molar-refractivity contribution < 1.29 is 4.79 Å². The number of carbonyl (C=O) groups excluding carboxylic acids is 1. The van der Waals surface area contributed by atoms with Crippen LogP contribution in [0, 0.1) is 13.8 Å². The maximum absolute atomic E-state index is 11.0. The maximum atomic E-state index is 11.0. The van der Waals surface area contributed by atoms with E-state index < -0.39 is 5.91 Å². The predicted octanol–water partition coefficient (Wildman–Crippen LogP) is 1.23. The summed E-state index contributed by atoms with van der Waals surface area (Å²) >= 11 is 0. The molecule has 2 rings (SSSR count). The molecule has 0 bridgehead atoms. The molecule has 94 valence electrons. The number of benzene rings is 1. The van der Waals surface area contributed by atoms with E-state index in [1.807, 2.05) is 30.7 Å². The first-order valence-electron chi connectivity index (χ1n) is 5.66. The lowest BCUT2D eigenvalue weighted by Gasteiger charge is -2.08. The third-order valence-corrected chi connectivity index (χ3v) is 2.85. The van der Waals surface area contributed by atoms with Crippen molar-refractivity contribution in [1.29, 1.82) is 0 Å². The number of hydrogen-bond acceptors (Lipinski definition) is 3. The molecule has 0 aliphatic rings. The number of hydrogen-bond donors (Lipinski definition) is 2. The number of primary amides is 1. The molecule has 0 saturated heterocycles. The van der Waals surface area contributed by atoms with Gasteiger partial charge in [0, 0.05) is 16.9 Å². The van der Waals surface area contributed by atoms with Crippen molar-refractivity contribution in [2.24, 2.45) is 5.73 Å². The summed E-state index contributed by atoms with van der Waals surface area (Å²) in [5.74, 6) is -0.473. The van der Waals surface area contributed by atoms with Gasteiger partial charge in [-0.1, -0.05) is 6.07 Å². The molecule has 0 radical (unpaired) electrons. The molecule has 5 nitrogen and oxygen atoms in total. The zero-order valence-corrected chi connectivity index (χ0v) is 10.5. The average molecular weight is 244 g/mol. The van der Waals surface area contributed by atoms with E-state index in [1.54, 1.807) is 12.1 Å². The lowest BCUT2D eigenvalue weighted by Crippen LogP contribution is -2.12. The smallest absolute Gasteiger partial charge is 0.248 e. The molecule has 0 aliphatic heterocycles. The fourth-order valence-electron chi connectivity index (χ4n) is 1.89. The third-order valence-electron chi connectivity index (χ3n) is 2.85. The molecule has 1 heterocycles. The van der Waals surface area contributed by atoms with E-state index >= 15 is 0 Å². The van der Waals surface area contributed by atoms with Gasteiger partial charge in [-0.2, -0.15) is 5.10 Å². The van der Waals surface area contributed by atoms with Crippen LogP contribution in [0.4, 0.5) is 5.69 Å². The number of nitrogens with two attached hydrogens (primary N) is 2. The summed E-state index contributed by atoms with van der Waals surface area (Å²) in [7, 11) is 0. The zero-order valence-electron chi connectivity index (χ0n) is 10.5. The van der Waals surface area contributed by atoms with Crippen LogP contribution in [0.3, 0.4) is 0 Å². The first kappa shape index (κ1) is 12.2. The summed E-state index contributed by atoms with van der Waals surface area (Å²) in [6.07, 6.45) is 0. The summed E-state index contributed by atoms with van der Waals surface area (Å²) in [6, 6.07) is 7.10. The van der Waals surface area contributed by atoms with Gasteiger partial charge in [-0.25, -0.2) is 0 Å². The minimum absolute atomic E-state index is 0.421. The number of nitrogens with zero attached hydrogens (tertiary/aromatic N) is 2. The molecule has 0 fully saturated rings. The molecule has 5 heteroatoms. The van der Waals surface area contributed by atoms with Crippen LogP contribution in [0.1, 0.15) is 27.3 Å². The molecule has 1 aromatic heterocycles. The monoisotopic (exact) mass is 244 g/mol. The lowest BCUT2D eigenvalue weighted by atomic mass is 10.1. The van der Waals surface area contributed by atoms with Crippen LogP contribution in [0.2, 0.25) is 0 Å². The molecule has 1 aromatic carbocycles. The molecule has 0 atom stereocenters. The van der Waals surface area contributed by atoms with Gasteiger partial charge < -0.3 is 11.5 Å². The van der Waals surface area contributed by atoms with Crippen LogP contribution in [0.15, 0.2) is 24.3 Å². The molecular formula is C13H16N4O. The zero-order chi connectivity index (χ0) is 13.3. The van der Waals surface area contributed by atoms with E-state index in [9.17, 15) is 4.79 Å². The second-order valence-electron chi connectivity index (χ2n) is 4.36. The number of anilines is 1. The highest BCUT2D eigenvalue weighted by Gasteiger charge is 2.07. The van der Waals surface area contributed by atoms with E-state index in [4.69, 9.17) is 11.5 Å². The van der Waals surface area contributed by atoms with Crippen molar-refractivity contribution in [3.05, 3.63) is 46.8 Å². The highest BCUT2D eigenvalue weighted by atomic mass is 16.1. The first-order chi connectivity index (χ1) is 8.47. The second-order valence-corrected chi connectivity index (χ2v) is 4.36. The van der Waals surface area contributed by atoms with Gasteiger partial charge >= 0.3 is 0 Å². The molecular weight excluding hydrogens is 228 g/mol. The van der Waals surface area contributed by atoms with Gasteiger partial charge in [0.2, 0.25) is 5.91 Å². The quantitative estimate of drug-likeness (QED) is 0.796. The lowest BCUT2D eigenvalue weighted by molar-refractivity contribution is 0.100. The summed E-state index contributed by atoms with van der Waals surface area (Å²) in [5, 5.41) is 4.37. The molecule has 4 N–H and O–H groups in total. The minimum atomic E-state index is -0.473. The van der Waals surface area contributed by atoms with E-state index in [1.165, 1.54) is 0 Å². The van der Waals surface area contributed by atoms with Crippen LogP contribution in [-0.2, 0) is 6.54 Å². The Kier molecular flexibility index (Phi) is 3.06. The molecule has 0 spiro atoms. The van der Waals surface area contributed by atoms with Crippen molar-refractivity contribution in [2.75, 3.05) is 5.73 Å². The van der Waals surface area contributed by atoms with E-state index in [-0.39, 0.29) is 0 Å². The number of amides is 1. The van der Waals surface area contributed by atoms with Gasteiger partial charge in [-0.3, -0.25) is 9.48 Å². The molecule has 1 amide bonds. The van der Waals surface area contributed by atoms with E-state index in [0.717, 1.165) is 17.0 Å². The van der Waals surface area contributed by atoms with Crippen LogP contribution in [0.25, 0.3) is 0 Å². The Balaban J connectivity index is 2.30. The Labute approximate surface area is 105 Å². The molecule has 18 heavy (non-hydrogen) atoms. The van der Waals surface area contributed by atoms with Crippen molar-refractivity contribution in [1.82, 2.24) is 9.78 Å². The van der Waals surface area contributed by atoms with Gasteiger partial charge in [0.15, 0.2) is 0 Å². The molecule has 2 aromatic rings. The van der Waals surface area contributed by atoms with Crippen molar-refractivity contribution in [3.63, 3.8) is 0 Å². The average Bonchev–Trinajstić information content (AvgIpc) is 2.60. The Morgan fingerprint density at radius 3 is 2.56 bits per heavy atom. The topological polar surface area (TPSA) is 86.9 Å². The fourth-order valence-corrected chi connectivity index (χ4v) is 1.89. The Bertz CT molecular complexity index is 601. The summed E-state index contributed by atoms with van der Waals surface area (Å²) < 4.78 is 1.88. The van der Waals surface area contributed by atoms with Crippen molar-refractivity contribution in [2.45, 2.75) is 20.4 Å². The normalized spacial score (nSPS) is 10.6. The van der Waals surface area contributed by atoms with Gasteiger partial charge in [-0.05, 0) is 37.6 Å². The number of aryl methyl sites for hydroxylation is 2. The molecule has 0 unspecified atom stereocenters. The summed E-state index contributed by atoms with van der Waals surface area (Å²) in [6.45, 7) is 4.53. The van der Waals surface area contributed by atoms with Crippen LogP contribution < -0.4 is 11.5 Å². The largest absolute Gasteiger partial charge is 0.398 e. The first-order valence-corrected chi connectivity index (χ1v) is 5.66. The third kappa shape index (κ3) is 2.34. The Morgan fingerprint density at radius 1 is 1.33 bits per heavy atom. The Hall–Kier alpha value is -2.30. The van der Waals surface area contributed by atoms with E-state index in [2.05, 4.69) is 5.10 Å². The van der Waals surface area contributed by atoms with Crippen LogP contribution in [0.5, 0.6) is 0 Å². The fraction of sp³-hybridized carbons (Fsp3) is 0.231. The summed E-state index contributed by atoms with van der Waals surface area (Å²) in [5.41, 5.74) is 15.1. The highest BCUT2D eigenvalue weighted by molar-refractivity contribution is 5.93. The SMILES string of the molecule is Cc1cc(C)n(Cc2ccc(C(N)=O)cc2N)n1. The van der Waals surface area contributed by atoms with Crippen LogP contribution >= 0.6 is 0 Å². The second kappa shape index (κ2) is 4.52. The Morgan fingerprint density at radius 2 is 2.06 bits per heavy atom. The van der Waals surface area contributed by atoms with Gasteiger partial charge in [0.05, 0.1) is 12.2 Å². The number of aromatic nitrogens is 2. The molecule has 0 aliphatic carbocycles. The highest BCUT2D eigenvalue weighted by Crippen LogP contribution is 2.16. The van der Waals surface area contributed by atoms with Gasteiger partial charge in [0.25, 0.3) is 0 Å². The van der Waals surface area contributed by atoms with Crippen molar-refractivity contribution in [3.8, 4) is 0 Å². The maximum Gasteiger partial charge on any atom is 0.248 e. The van der Waals surface area contributed by atoms with Crippen molar-refractivity contribution >= 4 is 11.6 Å². The van der Waals surface area contributed by atoms with Crippen LogP contribution in [-0.4, -0.2) is 15.7 Å². The number of rotatable bonds is 3. The summed E-state index contributed by atoms with van der Waals surface area (Å²) in [4.78, 5) is 11.0. The minimum Gasteiger partial charge on any atom is -0.398 e. The number of nitrogen functional groups attached to an aromatic ring is 1. The van der Waals surface area contributed by atoms with E-state index in [0.29, 0.717) is 17.8 Å². The van der Waals surface area contributed by atoms with Gasteiger partial charge in [-0.15, -0.1) is 0 Å². The predicted molar refractivity (Wildman–Crippen MR) is 70.2 cm³/mol. The number of carbonyl (C=O) groups is 1. The van der Waals surface area contributed by atoms with Gasteiger partial charge in [0.1, 0.15) is 0 Å². The molecule has 0 saturated carbocycles. The standard InChI is InChI=1S/C13H16N4O/c1-8-5-9(2)17(16-8)7-11-4-3-10(13(15)18)6-12(11)14/h3-6H,7,14H2,1-2H3,(H2,15,18).